The summed E-state index contributed by atoms with van der Waals surface area (Å²) in [6.45, 7) is 3.63. The summed E-state index contributed by atoms with van der Waals surface area (Å²) in [4.78, 5) is 41.9. The maximum absolute atomic E-state index is 13.9. The highest BCUT2D eigenvalue weighted by atomic mass is 32.1. The normalized spacial score (nSPS) is 11.2. The van der Waals surface area contributed by atoms with E-state index < -0.39 is 17.1 Å². The van der Waals surface area contributed by atoms with Gasteiger partial charge in [0.05, 0.1) is 24.9 Å². The van der Waals surface area contributed by atoms with Gasteiger partial charge >= 0.3 is 5.69 Å². The standard InChI is InChI=1S/C23H25FN6O4S/c1-14-19-20(32)28(12-11-27(3)15(2)31)23(33)29(22(19)35-21(14)30-25-8-9-26-30)10-7-16-13-17(24)5-6-18(16)34-4/h5-6,8-9,13H,7,10-12H2,1-4H3. The van der Waals surface area contributed by atoms with Crippen molar-refractivity contribution in [1.82, 2.24) is 29.0 Å². The number of rotatable bonds is 8. The van der Waals surface area contributed by atoms with Gasteiger partial charge in [-0.05, 0) is 37.1 Å². The molecule has 0 radical (unpaired) electrons. The maximum atomic E-state index is 13.9. The van der Waals surface area contributed by atoms with E-state index >= 15 is 0 Å². The summed E-state index contributed by atoms with van der Waals surface area (Å²) in [5.41, 5.74) is 0.311. The minimum Gasteiger partial charge on any atom is -0.496 e. The molecule has 4 rings (SSSR count). The van der Waals surface area contributed by atoms with Crippen molar-refractivity contribution in [3.05, 3.63) is 68.4 Å². The number of thiophene rings is 1. The van der Waals surface area contributed by atoms with Crippen LogP contribution in [0.3, 0.4) is 0 Å². The molecule has 4 aromatic rings. The lowest BCUT2D eigenvalue weighted by atomic mass is 10.1. The Bertz CT molecular complexity index is 1510. The molecule has 184 valence electrons. The van der Waals surface area contributed by atoms with Crippen LogP contribution in [0.5, 0.6) is 5.75 Å². The molecule has 1 aromatic carbocycles. The molecule has 0 aliphatic rings. The quantitative estimate of drug-likeness (QED) is 0.367. The van der Waals surface area contributed by atoms with Crippen molar-refractivity contribution in [2.45, 2.75) is 33.4 Å². The number of hydrogen-bond donors (Lipinski definition) is 0. The van der Waals surface area contributed by atoms with E-state index in [1.165, 1.54) is 64.2 Å². The molecule has 0 N–H and O–H groups in total. The van der Waals surface area contributed by atoms with Crippen LogP contribution in [-0.2, 0) is 24.3 Å². The van der Waals surface area contributed by atoms with Crippen molar-refractivity contribution in [3.8, 4) is 10.8 Å². The Labute approximate surface area is 203 Å². The monoisotopic (exact) mass is 500 g/mol. The van der Waals surface area contributed by atoms with Crippen LogP contribution in [0.4, 0.5) is 4.39 Å². The third-order valence-electron chi connectivity index (χ3n) is 5.91. The number of ether oxygens (including phenoxy) is 1. The third-order valence-corrected chi connectivity index (χ3v) is 7.19. The Balaban J connectivity index is 1.86. The number of benzene rings is 1. The summed E-state index contributed by atoms with van der Waals surface area (Å²) in [6, 6.07) is 4.22. The molecule has 0 saturated carbocycles. The molecule has 1 amide bonds. The first-order valence-corrected chi connectivity index (χ1v) is 11.7. The Hall–Kier alpha value is -3.80. The van der Waals surface area contributed by atoms with Crippen LogP contribution in [0.2, 0.25) is 0 Å². The van der Waals surface area contributed by atoms with Crippen LogP contribution < -0.4 is 16.0 Å². The van der Waals surface area contributed by atoms with Crippen molar-refractivity contribution < 1.29 is 13.9 Å². The molecule has 0 fully saturated rings. The van der Waals surface area contributed by atoms with Crippen molar-refractivity contribution in [2.24, 2.45) is 0 Å². The molecule has 0 saturated heterocycles. The van der Waals surface area contributed by atoms with Gasteiger partial charge < -0.3 is 9.64 Å². The first-order valence-electron chi connectivity index (χ1n) is 10.9. The van der Waals surface area contributed by atoms with Crippen LogP contribution in [0.1, 0.15) is 18.1 Å². The molecule has 35 heavy (non-hydrogen) atoms. The molecule has 0 spiro atoms. The van der Waals surface area contributed by atoms with E-state index in [1.807, 2.05) is 0 Å². The van der Waals surface area contributed by atoms with Crippen molar-refractivity contribution in [3.63, 3.8) is 0 Å². The zero-order valence-electron chi connectivity index (χ0n) is 19.8. The van der Waals surface area contributed by atoms with Gasteiger partial charge in [-0.2, -0.15) is 10.2 Å². The van der Waals surface area contributed by atoms with E-state index in [4.69, 9.17) is 4.74 Å². The largest absolute Gasteiger partial charge is 0.496 e. The van der Waals surface area contributed by atoms with Gasteiger partial charge in [-0.25, -0.2) is 9.18 Å². The molecular weight excluding hydrogens is 475 g/mol. The van der Waals surface area contributed by atoms with Gasteiger partial charge in [0.2, 0.25) is 5.91 Å². The molecule has 0 atom stereocenters. The second-order valence-corrected chi connectivity index (χ2v) is 9.05. The van der Waals surface area contributed by atoms with Gasteiger partial charge in [-0.15, -0.1) is 4.80 Å². The summed E-state index contributed by atoms with van der Waals surface area (Å²) in [7, 11) is 3.11. The van der Waals surface area contributed by atoms with E-state index in [0.29, 0.717) is 38.5 Å². The average Bonchev–Trinajstić information content (AvgIpc) is 3.47. The summed E-state index contributed by atoms with van der Waals surface area (Å²) in [5.74, 6) is -0.0677. The number of likely N-dealkylation sites (N-methyl/N-ethyl adjacent to an activating group) is 1. The van der Waals surface area contributed by atoms with Crippen LogP contribution in [0, 0.1) is 12.7 Å². The highest BCUT2D eigenvalue weighted by molar-refractivity contribution is 7.21. The first kappa shape index (κ1) is 24.3. The highest BCUT2D eigenvalue weighted by Gasteiger charge is 2.22. The van der Waals surface area contributed by atoms with Crippen LogP contribution in [0.15, 0.2) is 40.2 Å². The van der Waals surface area contributed by atoms with E-state index in [-0.39, 0.29) is 25.5 Å². The summed E-state index contributed by atoms with van der Waals surface area (Å²) < 4.78 is 21.9. The maximum Gasteiger partial charge on any atom is 0.332 e. The summed E-state index contributed by atoms with van der Waals surface area (Å²) >= 11 is 1.24. The molecule has 0 aliphatic heterocycles. The van der Waals surface area contributed by atoms with Gasteiger partial charge in [-0.3, -0.25) is 18.7 Å². The number of aryl methyl sites for hydroxylation is 3. The molecule has 3 aromatic heterocycles. The zero-order chi connectivity index (χ0) is 25.3. The molecule has 0 unspecified atom stereocenters. The zero-order valence-corrected chi connectivity index (χ0v) is 20.6. The lowest BCUT2D eigenvalue weighted by Gasteiger charge is -2.17. The minimum atomic E-state index is -0.504. The fourth-order valence-electron chi connectivity index (χ4n) is 3.87. The molecule has 3 heterocycles. The minimum absolute atomic E-state index is 0.0393. The number of carbonyl (C=O) groups is 1. The van der Waals surface area contributed by atoms with Crippen LogP contribution in [-0.4, -0.2) is 55.6 Å². The topological polar surface area (TPSA) is 104 Å². The number of nitrogens with zero attached hydrogens (tertiary/aromatic N) is 6. The molecular formula is C23H25FN6O4S. The highest BCUT2D eigenvalue weighted by Crippen LogP contribution is 2.30. The Morgan fingerprint density at radius 3 is 2.54 bits per heavy atom. The Morgan fingerprint density at radius 1 is 1.17 bits per heavy atom. The number of halogens is 1. The first-order chi connectivity index (χ1) is 16.7. The molecule has 0 bridgehead atoms. The smallest absolute Gasteiger partial charge is 0.332 e. The number of aromatic nitrogens is 5. The predicted molar refractivity (Wildman–Crippen MR) is 130 cm³/mol. The Kier molecular flexibility index (Phi) is 6.83. The number of hydrogen-bond acceptors (Lipinski definition) is 7. The predicted octanol–water partition coefficient (Wildman–Crippen LogP) is 1.98. The van der Waals surface area contributed by atoms with Crippen molar-refractivity contribution in [1.29, 1.82) is 0 Å². The molecule has 0 aliphatic carbocycles. The van der Waals surface area contributed by atoms with Crippen LogP contribution in [0.25, 0.3) is 15.2 Å². The second kappa shape index (κ2) is 9.82. The summed E-state index contributed by atoms with van der Waals surface area (Å²) in [5, 5.41) is 9.35. The molecule has 12 heteroatoms. The fourth-order valence-corrected chi connectivity index (χ4v) is 5.11. The number of carbonyl (C=O) groups excluding carboxylic acids is 1. The number of methoxy groups -OCH3 is 1. The van der Waals surface area contributed by atoms with Crippen molar-refractivity contribution >= 4 is 27.5 Å². The lowest BCUT2D eigenvalue weighted by molar-refractivity contribution is -0.127. The number of amides is 1. The summed E-state index contributed by atoms with van der Waals surface area (Å²) in [6.07, 6.45) is 3.36. The SMILES string of the molecule is COc1ccc(F)cc1CCn1c(=O)n(CCN(C)C(C)=O)c(=O)c2c(C)c(-n3nccn3)sc21. The average molecular weight is 501 g/mol. The van der Waals surface area contributed by atoms with E-state index in [0.717, 1.165) is 4.57 Å². The Morgan fingerprint density at radius 2 is 1.89 bits per heavy atom. The van der Waals surface area contributed by atoms with Crippen LogP contribution >= 0.6 is 11.3 Å². The van der Waals surface area contributed by atoms with Gasteiger partial charge in [0.25, 0.3) is 5.56 Å². The lowest BCUT2D eigenvalue weighted by Crippen LogP contribution is -2.42. The van der Waals surface area contributed by atoms with E-state index in [2.05, 4.69) is 10.2 Å². The van der Waals surface area contributed by atoms with E-state index in [9.17, 15) is 18.8 Å². The van der Waals surface area contributed by atoms with Gasteiger partial charge in [0, 0.05) is 39.2 Å². The number of fused-ring (bicyclic) bond motifs is 1. The molecule has 10 nitrogen and oxygen atoms in total. The fraction of sp³-hybridized carbons (Fsp3) is 0.348. The second-order valence-electron chi connectivity index (χ2n) is 8.07. The van der Waals surface area contributed by atoms with Gasteiger partial charge in [0.15, 0.2) is 0 Å². The van der Waals surface area contributed by atoms with Crippen molar-refractivity contribution in [2.75, 3.05) is 20.7 Å². The third kappa shape index (κ3) is 4.61. The van der Waals surface area contributed by atoms with Gasteiger partial charge in [0.1, 0.15) is 21.4 Å². The van der Waals surface area contributed by atoms with Gasteiger partial charge in [-0.1, -0.05) is 11.3 Å². The van der Waals surface area contributed by atoms with E-state index in [1.54, 1.807) is 20.0 Å².